The molecule has 44 valence electrons. The molecule has 0 aromatic rings. The van der Waals surface area contributed by atoms with Gasteiger partial charge in [0.2, 0.25) is 6.04 Å². The zero-order valence-electron chi connectivity index (χ0n) is 4.41. The number of nitrogens with zero attached hydrogens (tertiary/aromatic N) is 1. The molecule has 0 saturated heterocycles. The molecule has 1 rings (SSSR count). The molecule has 0 heterocycles. The third-order valence-corrected chi connectivity index (χ3v) is 1.26. The fourth-order valence-corrected chi connectivity index (χ4v) is 0.792. The molecule has 0 bridgehead atoms. The lowest BCUT2D eigenvalue weighted by atomic mass is 10.3. The van der Waals surface area contributed by atoms with Crippen LogP contribution in [0.5, 0.6) is 0 Å². The van der Waals surface area contributed by atoms with E-state index in [1.165, 1.54) is 0 Å². The molecule has 1 aliphatic rings. The molecule has 1 aliphatic carbocycles. The highest BCUT2D eigenvalue weighted by molar-refractivity contribution is 4.96. The monoisotopic (exact) mass is 113 g/mol. The molecule has 0 radical (unpaired) electrons. The maximum absolute atomic E-state index is 9.96. The second-order valence-electron chi connectivity index (χ2n) is 1.86. The summed E-state index contributed by atoms with van der Waals surface area (Å²) in [5.41, 5.74) is 0. The van der Waals surface area contributed by atoms with Gasteiger partial charge in [-0.2, -0.15) is 0 Å². The van der Waals surface area contributed by atoms with E-state index in [1.807, 2.05) is 6.08 Å². The Bertz CT molecular complexity index is 130. The minimum atomic E-state index is -0.394. The van der Waals surface area contributed by atoms with Crippen molar-refractivity contribution in [3.63, 3.8) is 0 Å². The van der Waals surface area contributed by atoms with Gasteiger partial charge in [0.1, 0.15) is 0 Å². The van der Waals surface area contributed by atoms with Gasteiger partial charge < -0.3 is 0 Å². The first-order valence-corrected chi connectivity index (χ1v) is 2.61. The first-order valence-electron chi connectivity index (χ1n) is 2.61. The van der Waals surface area contributed by atoms with Crippen LogP contribution in [-0.2, 0) is 0 Å². The molecule has 0 aromatic heterocycles. The Kier molecular flexibility index (Phi) is 1.28. The highest BCUT2D eigenvalue weighted by Crippen LogP contribution is 2.10. The van der Waals surface area contributed by atoms with Crippen LogP contribution in [-0.4, -0.2) is 11.0 Å². The number of hydrogen-bond donors (Lipinski definition) is 0. The van der Waals surface area contributed by atoms with Gasteiger partial charge in [0, 0.05) is 11.3 Å². The van der Waals surface area contributed by atoms with Crippen LogP contribution in [0.4, 0.5) is 0 Å². The maximum Gasteiger partial charge on any atom is 0.231 e. The average molecular weight is 113 g/mol. The van der Waals surface area contributed by atoms with Crippen molar-refractivity contribution in [3.8, 4) is 0 Å². The van der Waals surface area contributed by atoms with E-state index in [1.54, 1.807) is 6.08 Å². The van der Waals surface area contributed by atoms with Crippen LogP contribution in [0.15, 0.2) is 12.2 Å². The molecule has 1 unspecified atom stereocenters. The predicted octanol–water partition coefficient (Wildman–Crippen LogP) is 0.982. The first-order chi connectivity index (χ1) is 3.80. The molecule has 0 aliphatic heterocycles. The molecular weight excluding hydrogens is 106 g/mol. The van der Waals surface area contributed by atoms with Gasteiger partial charge in [-0.15, -0.1) is 0 Å². The number of rotatable bonds is 1. The lowest BCUT2D eigenvalue weighted by molar-refractivity contribution is -0.508. The first kappa shape index (κ1) is 5.28. The normalized spacial score (nSPS) is 26.2. The summed E-state index contributed by atoms with van der Waals surface area (Å²) in [4.78, 5) is 9.71. The van der Waals surface area contributed by atoms with Gasteiger partial charge in [-0.3, -0.25) is 10.1 Å². The maximum atomic E-state index is 9.96. The average Bonchev–Trinajstić information content (AvgIpc) is 2.12. The molecule has 3 heteroatoms. The van der Waals surface area contributed by atoms with E-state index in [2.05, 4.69) is 0 Å². The highest BCUT2D eigenvalue weighted by atomic mass is 16.6. The zero-order valence-corrected chi connectivity index (χ0v) is 4.41. The summed E-state index contributed by atoms with van der Waals surface area (Å²) in [6.07, 6.45) is 5.06. The third kappa shape index (κ3) is 0.857. The van der Waals surface area contributed by atoms with E-state index in [0.717, 1.165) is 6.42 Å². The lowest BCUT2D eigenvalue weighted by Crippen LogP contribution is -2.12. The van der Waals surface area contributed by atoms with Crippen LogP contribution in [0.2, 0.25) is 0 Å². The van der Waals surface area contributed by atoms with Crippen molar-refractivity contribution in [2.45, 2.75) is 18.9 Å². The number of hydrogen-bond acceptors (Lipinski definition) is 2. The smallest absolute Gasteiger partial charge is 0.231 e. The topological polar surface area (TPSA) is 43.1 Å². The Balaban J connectivity index is 2.48. The molecule has 0 spiro atoms. The van der Waals surface area contributed by atoms with E-state index < -0.39 is 6.04 Å². The van der Waals surface area contributed by atoms with Crippen molar-refractivity contribution in [1.29, 1.82) is 0 Å². The second-order valence-corrected chi connectivity index (χ2v) is 1.86. The summed E-state index contributed by atoms with van der Waals surface area (Å²) >= 11 is 0. The van der Waals surface area contributed by atoms with Crippen molar-refractivity contribution < 1.29 is 4.92 Å². The molecule has 0 amide bonds. The summed E-state index contributed by atoms with van der Waals surface area (Å²) in [6, 6.07) is -0.394. The highest BCUT2D eigenvalue weighted by Gasteiger charge is 2.18. The van der Waals surface area contributed by atoms with Gasteiger partial charge in [0.15, 0.2) is 0 Å². The summed E-state index contributed by atoms with van der Waals surface area (Å²) in [6.45, 7) is 0. The van der Waals surface area contributed by atoms with Gasteiger partial charge in [-0.05, 0) is 12.5 Å². The molecule has 0 saturated carbocycles. The van der Waals surface area contributed by atoms with Crippen LogP contribution in [0, 0.1) is 10.1 Å². The summed E-state index contributed by atoms with van der Waals surface area (Å²) in [7, 11) is 0. The quantitative estimate of drug-likeness (QED) is 0.289. The van der Waals surface area contributed by atoms with Crippen molar-refractivity contribution in [2.75, 3.05) is 0 Å². The van der Waals surface area contributed by atoms with Gasteiger partial charge >= 0.3 is 0 Å². The summed E-state index contributed by atoms with van der Waals surface area (Å²) < 4.78 is 0. The Hall–Kier alpha value is -0.860. The van der Waals surface area contributed by atoms with Crippen LogP contribution in [0.25, 0.3) is 0 Å². The Labute approximate surface area is 47.2 Å². The molecule has 3 nitrogen and oxygen atoms in total. The minimum absolute atomic E-state index is 0.247. The molecular formula is C5H7NO2. The Morgan fingerprint density at radius 2 is 2.50 bits per heavy atom. The molecule has 8 heavy (non-hydrogen) atoms. The van der Waals surface area contributed by atoms with Gasteiger partial charge in [0.05, 0.1) is 0 Å². The van der Waals surface area contributed by atoms with E-state index in [0.29, 0.717) is 6.42 Å². The number of nitro groups is 1. The van der Waals surface area contributed by atoms with E-state index in [-0.39, 0.29) is 4.92 Å². The molecule has 1 atom stereocenters. The van der Waals surface area contributed by atoms with Crippen LogP contribution in [0.3, 0.4) is 0 Å². The Morgan fingerprint density at radius 1 is 1.75 bits per heavy atom. The summed E-state index contributed by atoms with van der Waals surface area (Å²) in [5, 5.41) is 9.96. The predicted molar refractivity (Wildman–Crippen MR) is 29.2 cm³/mol. The van der Waals surface area contributed by atoms with E-state index >= 15 is 0 Å². The minimum Gasteiger partial charge on any atom is -0.264 e. The van der Waals surface area contributed by atoms with Crippen molar-refractivity contribution >= 4 is 0 Å². The van der Waals surface area contributed by atoms with Crippen LogP contribution >= 0.6 is 0 Å². The van der Waals surface area contributed by atoms with E-state index in [4.69, 9.17) is 0 Å². The fraction of sp³-hybridized carbons (Fsp3) is 0.600. The SMILES string of the molecule is O=[N+]([O-])C1C=CCC1. The molecule has 0 aromatic carbocycles. The lowest BCUT2D eigenvalue weighted by Gasteiger charge is -1.93. The van der Waals surface area contributed by atoms with Crippen LogP contribution < -0.4 is 0 Å². The van der Waals surface area contributed by atoms with Crippen molar-refractivity contribution in [3.05, 3.63) is 22.3 Å². The Morgan fingerprint density at radius 3 is 2.75 bits per heavy atom. The van der Waals surface area contributed by atoms with Gasteiger partial charge in [0.25, 0.3) is 0 Å². The largest absolute Gasteiger partial charge is 0.264 e. The molecule has 0 fully saturated rings. The third-order valence-electron chi connectivity index (χ3n) is 1.26. The van der Waals surface area contributed by atoms with Crippen molar-refractivity contribution in [1.82, 2.24) is 0 Å². The molecule has 0 N–H and O–H groups in total. The standard InChI is InChI=1S/C5H7NO2/c7-6(8)5-3-1-2-4-5/h1,3,5H,2,4H2. The van der Waals surface area contributed by atoms with Gasteiger partial charge in [-0.1, -0.05) is 6.08 Å². The zero-order chi connectivity index (χ0) is 5.98. The van der Waals surface area contributed by atoms with Crippen LogP contribution in [0.1, 0.15) is 12.8 Å². The van der Waals surface area contributed by atoms with Crippen molar-refractivity contribution in [2.24, 2.45) is 0 Å². The second kappa shape index (κ2) is 1.94. The number of allylic oxidation sites excluding steroid dienone is 1. The van der Waals surface area contributed by atoms with E-state index in [9.17, 15) is 10.1 Å². The van der Waals surface area contributed by atoms with Gasteiger partial charge in [-0.25, -0.2) is 0 Å². The summed E-state index contributed by atoms with van der Waals surface area (Å²) in [5.74, 6) is 0. The fourth-order valence-electron chi connectivity index (χ4n) is 0.792.